The van der Waals surface area contributed by atoms with Crippen LogP contribution in [-0.2, 0) is 6.42 Å². The van der Waals surface area contributed by atoms with Crippen molar-refractivity contribution in [2.75, 3.05) is 25.5 Å². The third kappa shape index (κ3) is 4.10. The molecule has 0 saturated carbocycles. The summed E-state index contributed by atoms with van der Waals surface area (Å²) in [6, 6.07) is 10.7. The fourth-order valence-electron chi connectivity index (χ4n) is 3.09. The topological polar surface area (TPSA) is 45.2 Å². The first-order valence-electron chi connectivity index (χ1n) is 8.22. The van der Waals surface area contributed by atoms with Gasteiger partial charge in [-0.15, -0.1) is 11.3 Å². The summed E-state index contributed by atoms with van der Waals surface area (Å²) in [5, 5.41) is 5.62. The smallest absolute Gasteiger partial charge is 0.273 e. The summed E-state index contributed by atoms with van der Waals surface area (Å²) in [6.45, 7) is 1.70. The number of carbonyl (C=O) groups excluding carboxylic acids is 1. The Morgan fingerprint density at radius 3 is 2.70 bits per heavy atom. The SMILES string of the molecule is CNc1nc(C(=O)N2CCC(CCc3ccccc3)CC2)cs1. The summed E-state index contributed by atoms with van der Waals surface area (Å²) >= 11 is 1.48. The minimum Gasteiger partial charge on any atom is -0.365 e. The molecule has 23 heavy (non-hydrogen) atoms. The van der Waals surface area contributed by atoms with Crippen molar-refractivity contribution >= 4 is 22.4 Å². The second-order valence-corrected chi connectivity index (χ2v) is 6.91. The number of aryl methyl sites for hydroxylation is 1. The van der Waals surface area contributed by atoms with Gasteiger partial charge in [0.05, 0.1) is 0 Å². The maximum Gasteiger partial charge on any atom is 0.273 e. The molecule has 0 aliphatic carbocycles. The minimum atomic E-state index is 0.0734. The monoisotopic (exact) mass is 329 g/mol. The standard InChI is InChI=1S/C18H23N3OS/c1-19-18-20-16(13-23-18)17(22)21-11-9-15(10-12-21)8-7-14-5-3-2-4-6-14/h2-6,13,15H,7-12H2,1H3,(H,19,20). The van der Waals surface area contributed by atoms with E-state index < -0.39 is 0 Å². The first-order valence-corrected chi connectivity index (χ1v) is 9.10. The van der Waals surface area contributed by atoms with Gasteiger partial charge in [-0.2, -0.15) is 0 Å². The number of hydrogen-bond acceptors (Lipinski definition) is 4. The molecule has 0 radical (unpaired) electrons. The molecule has 5 heteroatoms. The molecule has 1 amide bonds. The van der Waals surface area contributed by atoms with Crippen LogP contribution in [0.15, 0.2) is 35.7 Å². The maximum absolute atomic E-state index is 12.5. The molecule has 2 heterocycles. The van der Waals surface area contributed by atoms with Gasteiger partial charge in [-0.05, 0) is 37.2 Å². The fraction of sp³-hybridized carbons (Fsp3) is 0.444. The highest BCUT2D eigenvalue weighted by Gasteiger charge is 2.24. The van der Waals surface area contributed by atoms with E-state index in [-0.39, 0.29) is 5.91 Å². The molecule has 1 aromatic carbocycles. The molecule has 1 fully saturated rings. The average Bonchev–Trinajstić information content (AvgIpc) is 3.10. The van der Waals surface area contributed by atoms with Gasteiger partial charge in [0.25, 0.3) is 5.91 Å². The Hall–Kier alpha value is -1.88. The van der Waals surface area contributed by atoms with E-state index in [4.69, 9.17) is 0 Å². The molecule has 1 aromatic heterocycles. The number of amides is 1. The number of piperidine rings is 1. The third-order valence-electron chi connectivity index (χ3n) is 4.52. The predicted octanol–water partition coefficient (Wildman–Crippen LogP) is 3.67. The molecule has 1 aliphatic rings. The predicted molar refractivity (Wildman–Crippen MR) is 95.1 cm³/mol. The second kappa shape index (κ2) is 7.59. The summed E-state index contributed by atoms with van der Waals surface area (Å²) in [7, 11) is 1.82. The van der Waals surface area contributed by atoms with Crippen LogP contribution in [-0.4, -0.2) is 35.9 Å². The van der Waals surface area contributed by atoms with E-state index in [1.807, 2.05) is 17.3 Å². The van der Waals surface area contributed by atoms with Crippen LogP contribution in [0.25, 0.3) is 0 Å². The normalized spacial score (nSPS) is 15.6. The Kier molecular flexibility index (Phi) is 5.28. The number of nitrogens with zero attached hydrogens (tertiary/aromatic N) is 2. The van der Waals surface area contributed by atoms with Crippen LogP contribution in [0.4, 0.5) is 5.13 Å². The summed E-state index contributed by atoms with van der Waals surface area (Å²) in [4.78, 5) is 18.7. The molecule has 1 saturated heterocycles. The Labute approximate surface area is 141 Å². The quantitative estimate of drug-likeness (QED) is 0.910. The molecule has 0 spiro atoms. The van der Waals surface area contributed by atoms with Gasteiger partial charge in [0, 0.05) is 25.5 Å². The van der Waals surface area contributed by atoms with Crippen molar-refractivity contribution in [3.63, 3.8) is 0 Å². The van der Waals surface area contributed by atoms with Crippen molar-refractivity contribution in [1.82, 2.24) is 9.88 Å². The van der Waals surface area contributed by atoms with Crippen molar-refractivity contribution in [2.24, 2.45) is 5.92 Å². The number of benzene rings is 1. The zero-order chi connectivity index (χ0) is 16.1. The van der Waals surface area contributed by atoms with Gasteiger partial charge >= 0.3 is 0 Å². The van der Waals surface area contributed by atoms with E-state index in [1.54, 1.807) is 0 Å². The van der Waals surface area contributed by atoms with Crippen LogP contribution in [0.2, 0.25) is 0 Å². The highest BCUT2D eigenvalue weighted by Crippen LogP contribution is 2.24. The van der Waals surface area contributed by atoms with Gasteiger partial charge in [-0.3, -0.25) is 4.79 Å². The Morgan fingerprint density at radius 1 is 1.30 bits per heavy atom. The minimum absolute atomic E-state index is 0.0734. The number of rotatable bonds is 5. The van der Waals surface area contributed by atoms with E-state index in [0.29, 0.717) is 5.69 Å². The van der Waals surface area contributed by atoms with Gasteiger partial charge in [0.1, 0.15) is 5.69 Å². The molecule has 0 unspecified atom stereocenters. The molecular weight excluding hydrogens is 306 g/mol. The summed E-state index contributed by atoms with van der Waals surface area (Å²) < 4.78 is 0. The number of thiazole rings is 1. The lowest BCUT2D eigenvalue weighted by atomic mass is 9.90. The Bertz CT molecular complexity index is 633. The molecular formula is C18H23N3OS. The summed E-state index contributed by atoms with van der Waals surface area (Å²) in [6.07, 6.45) is 4.55. The number of carbonyl (C=O) groups is 1. The van der Waals surface area contributed by atoms with E-state index in [0.717, 1.165) is 43.4 Å². The number of likely N-dealkylation sites (tertiary alicyclic amines) is 1. The van der Waals surface area contributed by atoms with Crippen molar-refractivity contribution in [2.45, 2.75) is 25.7 Å². The Balaban J connectivity index is 1.47. The Morgan fingerprint density at radius 2 is 2.04 bits per heavy atom. The number of hydrogen-bond donors (Lipinski definition) is 1. The highest BCUT2D eigenvalue weighted by atomic mass is 32.1. The highest BCUT2D eigenvalue weighted by molar-refractivity contribution is 7.13. The van der Waals surface area contributed by atoms with Crippen LogP contribution in [0.1, 0.15) is 35.3 Å². The van der Waals surface area contributed by atoms with Crippen LogP contribution in [0.3, 0.4) is 0 Å². The van der Waals surface area contributed by atoms with Gasteiger partial charge in [0.15, 0.2) is 5.13 Å². The van der Waals surface area contributed by atoms with Crippen LogP contribution < -0.4 is 5.32 Å². The van der Waals surface area contributed by atoms with E-state index in [1.165, 1.54) is 23.3 Å². The van der Waals surface area contributed by atoms with Crippen molar-refractivity contribution in [1.29, 1.82) is 0 Å². The van der Waals surface area contributed by atoms with E-state index in [9.17, 15) is 4.79 Å². The zero-order valence-corrected chi connectivity index (χ0v) is 14.3. The maximum atomic E-state index is 12.5. The van der Waals surface area contributed by atoms with Gasteiger partial charge in [0.2, 0.25) is 0 Å². The second-order valence-electron chi connectivity index (χ2n) is 6.05. The first kappa shape index (κ1) is 16.0. The lowest BCUT2D eigenvalue weighted by Crippen LogP contribution is -2.38. The molecule has 0 bridgehead atoms. The first-order chi connectivity index (χ1) is 11.3. The lowest BCUT2D eigenvalue weighted by Gasteiger charge is -2.31. The fourth-order valence-corrected chi connectivity index (χ4v) is 3.73. The van der Waals surface area contributed by atoms with Crippen LogP contribution in [0, 0.1) is 5.92 Å². The van der Waals surface area contributed by atoms with Crippen molar-refractivity contribution < 1.29 is 4.79 Å². The zero-order valence-electron chi connectivity index (χ0n) is 13.5. The number of nitrogens with one attached hydrogen (secondary N) is 1. The van der Waals surface area contributed by atoms with E-state index >= 15 is 0 Å². The summed E-state index contributed by atoms with van der Waals surface area (Å²) in [5.74, 6) is 0.798. The van der Waals surface area contributed by atoms with E-state index in [2.05, 4.69) is 40.6 Å². The number of anilines is 1. The molecule has 122 valence electrons. The molecule has 0 atom stereocenters. The van der Waals surface area contributed by atoms with Crippen LogP contribution >= 0.6 is 11.3 Å². The lowest BCUT2D eigenvalue weighted by molar-refractivity contribution is 0.0682. The molecule has 4 nitrogen and oxygen atoms in total. The molecule has 2 aromatic rings. The molecule has 3 rings (SSSR count). The molecule has 1 aliphatic heterocycles. The van der Waals surface area contributed by atoms with Gasteiger partial charge < -0.3 is 10.2 Å². The largest absolute Gasteiger partial charge is 0.365 e. The van der Waals surface area contributed by atoms with Crippen molar-refractivity contribution in [3.05, 3.63) is 47.0 Å². The van der Waals surface area contributed by atoms with Gasteiger partial charge in [-0.1, -0.05) is 30.3 Å². The van der Waals surface area contributed by atoms with Crippen molar-refractivity contribution in [3.8, 4) is 0 Å². The van der Waals surface area contributed by atoms with Gasteiger partial charge in [-0.25, -0.2) is 4.98 Å². The van der Waals surface area contributed by atoms with Crippen LogP contribution in [0.5, 0.6) is 0 Å². The third-order valence-corrected chi connectivity index (χ3v) is 5.38. The molecule has 1 N–H and O–H groups in total. The summed E-state index contributed by atoms with van der Waals surface area (Å²) in [5.41, 5.74) is 1.98. The average molecular weight is 329 g/mol. The number of aromatic nitrogens is 1.